The monoisotopic (exact) mass is 482 g/mol. The molecule has 56 valence electrons. The molecule has 0 fully saturated rings. The average Bonchev–Trinajstić information content (AvgIpc) is 1.25. The van der Waals surface area contributed by atoms with E-state index < -0.39 is 34.4 Å². The molecule has 0 saturated heterocycles. The van der Waals surface area contributed by atoms with Gasteiger partial charge in [-0.05, 0) is 0 Å². The van der Waals surface area contributed by atoms with E-state index in [2.05, 4.69) is 0 Å². The van der Waals surface area contributed by atoms with E-state index in [9.17, 15) is 0 Å². The van der Waals surface area contributed by atoms with E-state index in [0.29, 0.717) is 0 Å². The second-order valence-corrected chi connectivity index (χ2v) is 3.34. The second-order valence-electron chi connectivity index (χ2n) is 0.408. The Labute approximate surface area is 60.3 Å². The summed E-state index contributed by atoms with van der Waals surface area (Å²) in [7, 11) is 0. The molecular formula is H2O7W2. The first-order valence-corrected chi connectivity index (χ1v) is 8.19. The molecule has 9 heavy (non-hydrogen) atoms. The summed E-state index contributed by atoms with van der Waals surface area (Å²) in [6.45, 7) is 0. The number of rotatable bonds is 0. The molecule has 0 amide bonds. The first-order valence-electron chi connectivity index (χ1n) is 1.00. The zero-order valence-corrected chi connectivity index (χ0v) is 9.63. The molecule has 0 bridgehead atoms. The van der Waals surface area contributed by atoms with Crippen molar-refractivity contribution < 1.29 is 60.3 Å². The van der Waals surface area contributed by atoms with Crippen molar-refractivity contribution in [3.63, 3.8) is 0 Å². The Morgan fingerprint density at radius 2 is 0.556 bits per heavy atom. The fraction of sp³-hybridized carbons (Fsp3) is 0. The zero-order valence-electron chi connectivity index (χ0n) is 3.77. The van der Waals surface area contributed by atoms with E-state index in [4.69, 9.17) is 20.4 Å². The van der Waals surface area contributed by atoms with Crippen molar-refractivity contribution in [2.45, 2.75) is 0 Å². The van der Waals surface area contributed by atoms with E-state index in [-0.39, 0.29) is 5.48 Å². The standard InChI is InChI=1S/H2O.6O.2W/h1H2;;;;;;;;. The van der Waals surface area contributed by atoms with Crippen molar-refractivity contribution in [1.82, 2.24) is 0 Å². The van der Waals surface area contributed by atoms with Crippen LogP contribution in [0.5, 0.6) is 0 Å². The van der Waals surface area contributed by atoms with Crippen LogP contribution in [0, 0.1) is 0 Å². The quantitative estimate of drug-likeness (QED) is 0.411. The van der Waals surface area contributed by atoms with Crippen LogP contribution in [0.3, 0.4) is 0 Å². The summed E-state index contributed by atoms with van der Waals surface area (Å²) >= 11 is -8.56. The van der Waals surface area contributed by atoms with Gasteiger partial charge < -0.3 is 5.48 Å². The second kappa shape index (κ2) is 11.0. The first-order chi connectivity index (χ1) is 3.46. The van der Waals surface area contributed by atoms with Gasteiger partial charge in [0.25, 0.3) is 0 Å². The molecule has 0 spiro atoms. The Balaban J connectivity index is -0.0000000720. The average molecular weight is 482 g/mol. The van der Waals surface area contributed by atoms with Crippen LogP contribution in [-0.2, 0) is 54.8 Å². The molecule has 0 aliphatic carbocycles. The molecule has 0 aromatic heterocycles. The predicted octanol–water partition coefficient (Wildman–Crippen LogP) is -1.54. The van der Waals surface area contributed by atoms with Crippen LogP contribution < -0.4 is 0 Å². The van der Waals surface area contributed by atoms with Crippen LogP contribution in [-0.4, -0.2) is 5.48 Å². The van der Waals surface area contributed by atoms with E-state index in [1.807, 2.05) is 0 Å². The molecule has 9 heteroatoms. The molecule has 2 N–H and O–H groups in total. The molecule has 0 aliphatic rings. The molecular weight excluding hydrogens is 480 g/mol. The molecule has 0 aliphatic heterocycles. The van der Waals surface area contributed by atoms with Crippen molar-refractivity contribution >= 4 is 0 Å². The van der Waals surface area contributed by atoms with Crippen LogP contribution >= 0.6 is 0 Å². The van der Waals surface area contributed by atoms with Gasteiger partial charge in [-0.1, -0.05) is 0 Å². The number of hydrogen-bond donors (Lipinski definition) is 0. The van der Waals surface area contributed by atoms with Crippen molar-refractivity contribution in [2.24, 2.45) is 0 Å². The molecule has 0 heterocycles. The zero-order chi connectivity index (χ0) is 7.15. The third-order valence-electron chi connectivity index (χ3n) is 0. The van der Waals surface area contributed by atoms with Gasteiger partial charge in [0.1, 0.15) is 0 Å². The Kier molecular flexibility index (Phi) is 19.6. The maximum atomic E-state index is 8.61. The van der Waals surface area contributed by atoms with Crippen LogP contribution in [0.25, 0.3) is 0 Å². The van der Waals surface area contributed by atoms with Gasteiger partial charge in [0.2, 0.25) is 0 Å². The van der Waals surface area contributed by atoms with Gasteiger partial charge in [0, 0.05) is 0 Å². The maximum absolute atomic E-state index is 8.61. The summed E-state index contributed by atoms with van der Waals surface area (Å²) in [5.41, 5.74) is 0. The van der Waals surface area contributed by atoms with Crippen molar-refractivity contribution in [3.05, 3.63) is 0 Å². The molecule has 0 aromatic rings. The molecule has 0 radical (unpaired) electrons. The normalized spacial score (nSPS) is 5.33. The van der Waals surface area contributed by atoms with Gasteiger partial charge in [-0.3, -0.25) is 0 Å². The summed E-state index contributed by atoms with van der Waals surface area (Å²) < 4.78 is 51.7. The predicted molar refractivity (Wildman–Crippen MR) is 7.73 cm³/mol. The fourth-order valence-electron chi connectivity index (χ4n) is 0. The van der Waals surface area contributed by atoms with Crippen LogP contribution in [0.4, 0.5) is 0 Å². The Morgan fingerprint density at radius 3 is 0.556 bits per heavy atom. The van der Waals surface area contributed by atoms with Crippen LogP contribution in [0.1, 0.15) is 0 Å². The molecule has 0 atom stereocenters. The first kappa shape index (κ1) is 16.1. The van der Waals surface area contributed by atoms with E-state index in [0.717, 1.165) is 0 Å². The van der Waals surface area contributed by atoms with E-state index in [1.165, 1.54) is 0 Å². The van der Waals surface area contributed by atoms with Crippen LogP contribution in [0.15, 0.2) is 0 Å². The Morgan fingerprint density at radius 1 is 0.556 bits per heavy atom. The minimum atomic E-state index is -4.28. The molecule has 0 rings (SSSR count). The Hall–Kier alpha value is 0.137. The third kappa shape index (κ3) is 16400. The summed E-state index contributed by atoms with van der Waals surface area (Å²) in [6.07, 6.45) is 0. The van der Waals surface area contributed by atoms with Crippen molar-refractivity contribution in [1.29, 1.82) is 0 Å². The van der Waals surface area contributed by atoms with E-state index in [1.54, 1.807) is 0 Å². The minimum absolute atomic E-state index is 0. The van der Waals surface area contributed by atoms with Gasteiger partial charge in [0.15, 0.2) is 0 Å². The van der Waals surface area contributed by atoms with Gasteiger partial charge in [-0.2, -0.15) is 0 Å². The van der Waals surface area contributed by atoms with E-state index >= 15 is 0 Å². The van der Waals surface area contributed by atoms with Gasteiger partial charge in [-0.15, -0.1) is 0 Å². The summed E-state index contributed by atoms with van der Waals surface area (Å²) in [6, 6.07) is 0. The molecule has 0 unspecified atom stereocenters. The fourth-order valence-corrected chi connectivity index (χ4v) is 0. The van der Waals surface area contributed by atoms with Gasteiger partial charge in [0.05, 0.1) is 0 Å². The molecule has 0 saturated carbocycles. The molecule has 0 aromatic carbocycles. The van der Waals surface area contributed by atoms with Crippen molar-refractivity contribution in [3.8, 4) is 0 Å². The van der Waals surface area contributed by atoms with Gasteiger partial charge >= 0.3 is 54.8 Å². The number of hydrogen-bond acceptors (Lipinski definition) is 6. The van der Waals surface area contributed by atoms with Crippen molar-refractivity contribution in [2.75, 3.05) is 0 Å². The summed E-state index contributed by atoms with van der Waals surface area (Å²) in [4.78, 5) is 0. The SMILES string of the molecule is O.[O]=[W](=[O])=[O].[O]=[W](=[O])=[O]. The third-order valence-corrected chi connectivity index (χ3v) is 0. The summed E-state index contributed by atoms with van der Waals surface area (Å²) in [5.74, 6) is 0. The van der Waals surface area contributed by atoms with Crippen LogP contribution in [0.2, 0.25) is 0 Å². The molecule has 7 nitrogen and oxygen atoms in total. The topological polar surface area (TPSA) is 134 Å². The Bertz CT molecular complexity index is 176. The van der Waals surface area contributed by atoms with Gasteiger partial charge in [-0.25, -0.2) is 0 Å². The summed E-state index contributed by atoms with van der Waals surface area (Å²) in [5, 5.41) is 0.